The van der Waals surface area contributed by atoms with E-state index in [1.807, 2.05) is 0 Å². The number of hydrogen-bond donors (Lipinski definition) is 1. The van der Waals surface area contributed by atoms with Gasteiger partial charge in [-0.1, -0.05) is 0 Å². The molecular formula is C18H15F4N5O3. The Kier molecular flexibility index (Phi) is 6.26. The Labute approximate surface area is 167 Å². The van der Waals surface area contributed by atoms with Crippen LogP contribution in [-0.4, -0.2) is 45.7 Å². The van der Waals surface area contributed by atoms with Gasteiger partial charge in [0.25, 0.3) is 5.91 Å². The van der Waals surface area contributed by atoms with Crippen molar-refractivity contribution in [2.45, 2.75) is 6.18 Å². The lowest BCUT2D eigenvalue weighted by Crippen LogP contribution is -2.19. The maximum absolute atomic E-state index is 13.8. The zero-order valence-corrected chi connectivity index (χ0v) is 15.5. The monoisotopic (exact) mass is 425 g/mol. The quantitative estimate of drug-likeness (QED) is 0.462. The number of hydrogen-bond acceptors (Lipinski definition) is 6. The van der Waals surface area contributed by atoms with E-state index in [1.54, 1.807) is 0 Å². The Hall–Kier alpha value is -3.54. The summed E-state index contributed by atoms with van der Waals surface area (Å²) < 4.78 is 64.7. The van der Waals surface area contributed by atoms with Crippen molar-refractivity contribution >= 4 is 11.6 Å². The molecule has 3 aromatic rings. The van der Waals surface area contributed by atoms with Gasteiger partial charge in [-0.2, -0.15) is 13.2 Å². The van der Waals surface area contributed by atoms with Crippen LogP contribution in [0.1, 0.15) is 16.2 Å². The van der Waals surface area contributed by atoms with Gasteiger partial charge in [0.2, 0.25) is 5.95 Å². The van der Waals surface area contributed by atoms with Crippen molar-refractivity contribution < 1.29 is 31.8 Å². The van der Waals surface area contributed by atoms with Crippen LogP contribution in [-0.2, 0) is 10.9 Å². The number of rotatable bonds is 7. The average Bonchev–Trinajstić information content (AvgIpc) is 3.21. The molecule has 0 aliphatic carbocycles. The molecule has 0 fully saturated rings. The number of anilines is 1. The second-order valence-electron chi connectivity index (χ2n) is 5.88. The molecule has 0 radical (unpaired) electrons. The van der Waals surface area contributed by atoms with E-state index >= 15 is 0 Å². The molecule has 1 N–H and O–H groups in total. The van der Waals surface area contributed by atoms with E-state index in [0.717, 1.165) is 16.7 Å². The molecule has 2 aromatic heterocycles. The number of halogens is 4. The predicted molar refractivity (Wildman–Crippen MR) is 95.9 cm³/mol. The van der Waals surface area contributed by atoms with Gasteiger partial charge in [-0.3, -0.25) is 9.36 Å². The molecule has 158 valence electrons. The Balaban J connectivity index is 1.89. The molecule has 0 saturated carbocycles. The van der Waals surface area contributed by atoms with E-state index in [4.69, 9.17) is 9.47 Å². The Morgan fingerprint density at radius 1 is 1.17 bits per heavy atom. The van der Waals surface area contributed by atoms with E-state index in [1.165, 1.54) is 31.9 Å². The van der Waals surface area contributed by atoms with Crippen molar-refractivity contribution in [2.75, 3.05) is 25.6 Å². The van der Waals surface area contributed by atoms with Crippen molar-refractivity contribution in [1.29, 1.82) is 0 Å². The van der Waals surface area contributed by atoms with Crippen LogP contribution in [0.4, 0.5) is 23.2 Å². The molecule has 0 atom stereocenters. The molecule has 2 heterocycles. The highest BCUT2D eigenvalue weighted by molar-refractivity contribution is 6.03. The molecule has 0 unspecified atom stereocenters. The number of nitrogens with one attached hydrogen (secondary N) is 1. The summed E-state index contributed by atoms with van der Waals surface area (Å²) in [7, 11) is 1.47. The molecule has 0 aliphatic rings. The van der Waals surface area contributed by atoms with Crippen LogP contribution >= 0.6 is 0 Å². The highest BCUT2D eigenvalue weighted by atomic mass is 19.4. The van der Waals surface area contributed by atoms with Gasteiger partial charge in [-0.25, -0.2) is 19.3 Å². The predicted octanol–water partition coefficient (Wildman–Crippen LogP) is 3.10. The second kappa shape index (κ2) is 8.86. The maximum Gasteiger partial charge on any atom is 0.433 e. The van der Waals surface area contributed by atoms with Crippen molar-refractivity contribution in [1.82, 2.24) is 19.5 Å². The SMILES string of the molecule is COCCOc1cc(F)cc(NC(=O)c2cc(C(F)(F)F)nc(-n3ccnc3)n2)c1. The maximum atomic E-state index is 13.8. The lowest BCUT2D eigenvalue weighted by atomic mass is 10.2. The molecule has 1 amide bonds. The van der Waals surface area contributed by atoms with Gasteiger partial charge in [-0.05, 0) is 6.07 Å². The third-order valence-electron chi connectivity index (χ3n) is 3.66. The van der Waals surface area contributed by atoms with Crippen LogP contribution in [0.3, 0.4) is 0 Å². The van der Waals surface area contributed by atoms with E-state index in [0.29, 0.717) is 6.07 Å². The smallest absolute Gasteiger partial charge is 0.433 e. The minimum Gasteiger partial charge on any atom is -0.491 e. The van der Waals surface area contributed by atoms with Crippen LogP contribution < -0.4 is 10.1 Å². The van der Waals surface area contributed by atoms with Gasteiger partial charge in [0, 0.05) is 43.4 Å². The number of benzene rings is 1. The van der Waals surface area contributed by atoms with E-state index in [-0.39, 0.29) is 24.7 Å². The summed E-state index contributed by atoms with van der Waals surface area (Å²) >= 11 is 0. The van der Waals surface area contributed by atoms with E-state index in [2.05, 4.69) is 20.3 Å². The number of nitrogens with zero attached hydrogens (tertiary/aromatic N) is 4. The normalized spacial score (nSPS) is 11.4. The summed E-state index contributed by atoms with van der Waals surface area (Å²) in [6.07, 6.45) is -0.976. The van der Waals surface area contributed by atoms with E-state index < -0.39 is 35.2 Å². The zero-order chi connectivity index (χ0) is 21.7. The van der Waals surface area contributed by atoms with Gasteiger partial charge < -0.3 is 14.8 Å². The molecule has 1 aromatic carbocycles. The topological polar surface area (TPSA) is 91.2 Å². The summed E-state index contributed by atoms with van der Waals surface area (Å²) in [5.74, 6) is -1.98. The van der Waals surface area contributed by atoms with E-state index in [9.17, 15) is 22.4 Å². The van der Waals surface area contributed by atoms with Gasteiger partial charge in [0.05, 0.1) is 6.61 Å². The summed E-state index contributed by atoms with van der Waals surface area (Å²) in [5, 5.41) is 2.31. The highest BCUT2D eigenvalue weighted by Crippen LogP contribution is 2.29. The first kappa shape index (κ1) is 21.2. The summed E-state index contributed by atoms with van der Waals surface area (Å²) in [4.78, 5) is 23.5. The Morgan fingerprint density at radius 2 is 1.97 bits per heavy atom. The van der Waals surface area contributed by atoms with Crippen LogP contribution in [0.25, 0.3) is 5.95 Å². The van der Waals surface area contributed by atoms with Crippen LogP contribution in [0.15, 0.2) is 43.0 Å². The molecular weight excluding hydrogens is 410 g/mol. The van der Waals surface area contributed by atoms with Crippen molar-refractivity contribution in [3.63, 3.8) is 0 Å². The molecule has 0 aliphatic heterocycles. The number of carbonyl (C=O) groups is 1. The van der Waals surface area contributed by atoms with Gasteiger partial charge in [0.15, 0.2) is 5.69 Å². The first-order chi connectivity index (χ1) is 14.3. The molecule has 30 heavy (non-hydrogen) atoms. The third-order valence-corrected chi connectivity index (χ3v) is 3.66. The van der Waals surface area contributed by atoms with Crippen molar-refractivity contribution in [3.05, 3.63) is 60.2 Å². The number of carbonyl (C=O) groups excluding carboxylic acids is 1. The minimum absolute atomic E-state index is 0.0243. The first-order valence-corrected chi connectivity index (χ1v) is 8.44. The minimum atomic E-state index is -4.81. The average molecular weight is 425 g/mol. The summed E-state index contributed by atoms with van der Waals surface area (Å²) in [6, 6.07) is 3.91. The zero-order valence-electron chi connectivity index (χ0n) is 15.5. The lowest BCUT2D eigenvalue weighted by Gasteiger charge is -2.12. The second-order valence-corrected chi connectivity index (χ2v) is 5.88. The summed E-state index contributed by atoms with van der Waals surface area (Å²) in [5.41, 5.74) is -1.90. The van der Waals surface area contributed by atoms with Gasteiger partial charge in [-0.15, -0.1) is 0 Å². The van der Waals surface area contributed by atoms with Gasteiger partial charge in [0.1, 0.15) is 30.2 Å². The fourth-order valence-electron chi connectivity index (χ4n) is 2.35. The standard InChI is InChI=1S/C18H15F4N5O3/c1-29-4-5-30-13-7-11(19)6-12(8-13)24-16(28)14-9-15(18(20,21)22)26-17(25-14)27-3-2-23-10-27/h2-3,6-10H,4-5H2,1H3,(H,24,28). The lowest BCUT2D eigenvalue weighted by molar-refractivity contribution is -0.141. The van der Waals surface area contributed by atoms with Crippen molar-refractivity contribution in [3.8, 4) is 11.7 Å². The van der Waals surface area contributed by atoms with Crippen LogP contribution in [0.2, 0.25) is 0 Å². The Morgan fingerprint density at radius 3 is 2.63 bits per heavy atom. The number of ether oxygens (including phenoxy) is 2. The third kappa shape index (κ3) is 5.29. The molecule has 8 nitrogen and oxygen atoms in total. The fraction of sp³-hybridized carbons (Fsp3) is 0.222. The molecule has 0 saturated heterocycles. The largest absolute Gasteiger partial charge is 0.491 e. The number of methoxy groups -OCH3 is 1. The number of alkyl halides is 3. The van der Waals surface area contributed by atoms with Crippen LogP contribution in [0.5, 0.6) is 5.75 Å². The van der Waals surface area contributed by atoms with Crippen molar-refractivity contribution in [2.24, 2.45) is 0 Å². The first-order valence-electron chi connectivity index (χ1n) is 8.44. The van der Waals surface area contributed by atoms with Crippen LogP contribution in [0, 0.1) is 5.82 Å². The number of aromatic nitrogens is 4. The Bertz CT molecular complexity index is 1030. The molecule has 0 spiro atoms. The highest BCUT2D eigenvalue weighted by Gasteiger charge is 2.34. The molecule has 3 rings (SSSR count). The van der Waals surface area contributed by atoms with Gasteiger partial charge >= 0.3 is 6.18 Å². The number of imidazole rings is 1. The summed E-state index contributed by atoms with van der Waals surface area (Å²) in [6.45, 7) is 0.402. The number of amides is 1. The molecule has 12 heteroatoms. The molecule has 0 bridgehead atoms. The fourth-order valence-corrected chi connectivity index (χ4v) is 2.35.